The van der Waals surface area contributed by atoms with Crippen LogP contribution in [0.25, 0.3) is 11.0 Å². The minimum Gasteiger partial charge on any atom is -0.481 e. The smallest absolute Gasteiger partial charge is 0.303 e. The zero-order valence-electron chi connectivity index (χ0n) is 8.40. The predicted octanol–water partition coefficient (Wildman–Crippen LogP) is 2.14. The highest BCUT2D eigenvalue weighted by Crippen LogP contribution is 2.26. The number of aromatic amines is 1. The number of carboxylic acid groups (broad SMARTS) is 1. The molecule has 0 fully saturated rings. The lowest BCUT2D eigenvalue weighted by Crippen LogP contribution is -2.02. The number of carbonyl (C=O) groups is 1. The van der Waals surface area contributed by atoms with Crippen LogP contribution in [0.4, 0.5) is 0 Å². The normalized spacial score (nSPS) is 12.9. The fraction of sp³-hybridized carbons (Fsp3) is 0.273. The van der Waals surface area contributed by atoms with Gasteiger partial charge in [-0.25, -0.2) is 4.98 Å². The number of hydrogen-bond donors (Lipinski definition) is 2. The maximum absolute atomic E-state index is 10.6. The van der Waals surface area contributed by atoms with Gasteiger partial charge in [0, 0.05) is 17.8 Å². The van der Waals surface area contributed by atoms with E-state index in [9.17, 15) is 4.79 Å². The van der Waals surface area contributed by atoms with E-state index in [4.69, 9.17) is 5.11 Å². The molecule has 2 rings (SSSR count). The van der Waals surface area contributed by atoms with Crippen molar-refractivity contribution in [2.45, 2.75) is 19.3 Å². The van der Waals surface area contributed by atoms with E-state index in [0.29, 0.717) is 0 Å². The number of aliphatic carboxylic acids is 1. The third kappa shape index (κ3) is 1.83. The summed E-state index contributed by atoms with van der Waals surface area (Å²) in [5, 5.41) is 9.73. The summed E-state index contributed by atoms with van der Waals surface area (Å²) >= 11 is 0. The molecule has 0 amide bonds. The molecule has 0 spiro atoms. The lowest BCUT2D eigenvalue weighted by Gasteiger charge is -2.06. The molecule has 15 heavy (non-hydrogen) atoms. The third-order valence-corrected chi connectivity index (χ3v) is 2.49. The van der Waals surface area contributed by atoms with Crippen LogP contribution in [0.2, 0.25) is 0 Å². The van der Waals surface area contributed by atoms with Crippen LogP contribution in [0.15, 0.2) is 24.5 Å². The van der Waals surface area contributed by atoms with E-state index in [1.807, 2.05) is 25.3 Å². The summed E-state index contributed by atoms with van der Waals surface area (Å²) in [6.45, 7) is 1.91. The van der Waals surface area contributed by atoms with Gasteiger partial charge in [0.2, 0.25) is 0 Å². The zero-order valence-corrected chi connectivity index (χ0v) is 8.40. The number of pyridine rings is 1. The Morgan fingerprint density at radius 2 is 2.47 bits per heavy atom. The molecule has 2 aromatic rings. The number of carboxylic acids is 1. The Bertz CT molecular complexity index is 490. The summed E-state index contributed by atoms with van der Waals surface area (Å²) in [6.07, 6.45) is 3.69. The first kappa shape index (κ1) is 9.71. The van der Waals surface area contributed by atoms with Crippen LogP contribution in [-0.4, -0.2) is 21.0 Å². The summed E-state index contributed by atoms with van der Waals surface area (Å²) in [7, 11) is 0. The van der Waals surface area contributed by atoms with Crippen molar-refractivity contribution in [3.63, 3.8) is 0 Å². The highest BCUT2D eigenvalue weighted by Gasteiger charge is 2.14. The number of fused-ring (bicyclic) bond motifs is 1. The molecular weight excluding hydrogens is 192 g/mol. The van der Waals surface area contributed by atoms with Gasteiger partial charge in [0.15, 0.2) is 0 Å². The Morgan fingerprint density at radius 3 is 3.20 bits per heavy atom. The molecule has 0 radical (unpaired) electrons. The van der Waals surface area contributed by atoms with Gasteiger partial charge in [0.1, 0.15) is 5.65 Å². The van der Waals surface area contributed by atoms with Crippen LogP contribution in [0, 0.1) is 0 Å². The van der Waals surface area contributed by atoms with Crippen LogP contribution >= 0.6 is 0 Å². The van der Waals surface area contributed by atoms with Crippen molar-refractivity contribution < 1.29 is 9.90 Å². The second-order valence-electron chi connectivity index (χ2n) is 3.64. The van der Waals surface area contributed by atoms with Gasteiger partial charge < -0.3 is 10.1 Å². The lowest BCUT2D eigenvalue weighted by atomic mass is 9.98. The molecule has 2 aromatic heterocycles. The first-order valence-electron chi connectivity index (χ1n) is 4.82. The van der Waals surface area contributed by atoms with E-state index in [-0.39, 0.29) is 12.3 Å². The zero-order chi connectivity index (χ0) is 10.8. The summed E-state index contributed by atoms with van der Waals surface area (Å²) in [5.74, 6) is -0.777. The van der Waals surface area contributed by atoms with E-state index < -0.39 is 5.97 Å². The van der Waals surface area contributed by atoms with Gasteiger partial charge in [-0.15, -0.1) is 0 Å². The van der Waals surface area contributed by atoms with E-state index >= 15 is 0 Å². The van der Waals surface area contributed by atoms with E-state index in [2.05, 4.69) is 9.97 Å². The topological polar surface area (TPSA) is 66.0 Å². The second kappa shape index (κ2) is 3.73. The minimum atomic E-state index is -0.777. The van der Waals surface area contributed by atoms with Gasteiger partial charge in [-0.1, -0.05) is 6.92 Å². The van der Waals surface area contributed by atoms with Crippen LogP contribution in [0.1, 0.15) is 24.8 Å². The van der Waals surface area contributed by atoms with Crippen molar-refractivity contribution >= 4 is 17.0 Å². The fourth-order valence-corrected chi connectivity index (χ4v) is 1.76. The molecule has 1 unspecified atom stereocenters. The SMILES string of the molecule is CC(CC(=O)O)c1c[nH]c2ncccc12. The molecule has 2 N–H and O–H groups in total. The summed E-state index contributed by atoms with van der Waals surface area (Å²) in [4.78, 5) is 17.8. The van der Waals surface area contributed by atoms with Crippen molar-refractivity contribution in [3.8, 4) is 0 Å². The molecule has 78 valence electrons. The van der Waals surface area contributed by atoms with E-state index in [1.165, 1.54) is 0 Å². The highest BCUT2D eigenvalue weighted by molar-refractivity contribution is 5.81. The Morgan fingerprint density at radius 1 is 1.67 bits per heavy atom. The number of aromatic nitrogens is 2. The first-order chi connectivity index (χ1) is 7.18. The Labute approximate surface area is 87.0 Å². The standard InChI is InChI=1S/C11H12N2O2/c1-7(5-10(14)15)9-6-13-11-8(9)3-2-4-12-11/h2-4,6-7H,5H2,1H3,(H,12,13)(H,14,15). The Hall–Kier alpha value is -1.84. The van der Waals surface area contributed by atoms with Gasteiger partial charge in [-0.2, -0.15) is 0 Å². The second-order valence-corrected chi connectivity index (χ2v) is 3.64. The average Bonchev–Trinajstić information content (AvgIpc) is 2.59. The molecule has 4 heteroatoms. The minimum absolute atomic E-state index is 0.000417. The third-order valence-electron chi connectivity index (χ3n) is 2.49. The van der Waals surface area contributed by atoms with Crippen LogP contribution in [0.5, 0.6) is 0 Å². The molecule has 0 aromatic carbocycles. The van der Waals surface area contributed by atoms with Gasteiger partial charge in [-0.3, -0.25) is 4.79 Å². The first-order valence-corrected chi connectivity index (χ1v) is 4.82. The summed E-state index contributed by atoms with van der Waals surface area (Å²) < 4.78 is 0. The monoisotopic (exact) mass is 204 g/mol. The Kier molecular flexibility index (Phi) is 2.41. The van der Waals surface area contributed by atoms with Gasteiger partial charge >= 0.3 is 5.97 Å². The molecule has 0 aliphatic rings. The molecule has 0 saturated heterocycles. The molecular formula is C11H12N2O2. The summed E-state index contributed by atoms with van der Waals surface area (Å²) in [6, 6.07) is 3.81. The van der Waals surface area contributed by atoms with Crippen molar-refractivity contribution in [1.29, 1.82) is 0 Å². The van der Waals surface area contributed by atoms with E-state index in [1.54, 1.807) is 6.20 Å². The average molecular weight is 204 g/mol. The summed E-state index contributed by atoms with van der Waals surface area (Å²) in [5.41, 5.74) is 1.82. The number of nitrogens with one attached hydrogen (secondary N) is 1. The molecule has 2 heterocycles. The van der Waals surface area contributed by atoms with Crippen LogP contribution in [0.3, 0.4) is 0 Å². The van der Waals surface area contributed by atoms with Crippen molar-refractivity contribution in [3.05, 3.63) is 30.1 Å². The maximum Gasteiger partial charge on any atom is 0.303 e. The largest absolute Gasteiger partial charge is 0.481 e. The van der Waals surface area contributed by atoms with E-state index in [0.717, 1.165) is 16.6 Å². The lowest BCUT2D eigenvalue weighted by molar-refractivity contribution is -0.137. The fourth-order valence-electron chi connectivity index (χ4n) is 1.76. The maximum atomic E-state index is 10.6. The van der Waals surface area contributed by atoms with Crippen molar-refractivity contribution in [2.24, 2.45) is 0 Å². The quantitative estimate of drug-likeness (QED) is 0.804. The molecule has 0 aliphatic heterocycles. The Balaban J connectivity index is 2.39. The van der Waals surface area contributed by atoms with Gasteiger partial charge in [-0.05, 0) is 23.6 Å². The van der Waals surface area contributed by atoms with Crippen molar-refractivity contribution in [2.75, 3.05) is 0 Å². The highest BCUT2D eigenvalue weighted by atomic mass is 16.4. The predicted molar refractivity (Wildman–Crippen MR) is 56.8 cm³/mol. The number of hydrogen-bond acceptors (Lipinski definition) is 2. The number of nitrogens with zero attached hydrogens (tertiary/aromatic N) is 1. The molecule has 0 bridgehead atoms. The van der Waals surface area contributed by atoms with Crippen LogP contribution in [-0.2, 0) is 4.79 Å². The molecule has 0 saturated carbocycles. The number of H-pyrrole nitrogens is 1. The number of rotatable bonds is 3. The molecule has 4 nitrogen and oxygen atoms in total. The van der Waals surface area contributed by atoms with Gasteiger partial charge in [0.05, 0.1) is 6.42 Å². The molecule has 1 atom stereocenters. The van der Waals surface area contributed by atoms with Crippen LogP contribution < -0.4 is 0 Å². The van der Waals surface area contributed by atoms with Crippen molar-refractivity contribution in [1.82, 2.24) is 9.97 Å². The molecule has 0 aliphatic carbocycles. The van der Waals surface area contributed by atoms with Gasteiger partial charge in [0.25, 0.3) is 0 Å².